The number of ether oxygens (including phenoxy) is 1. The minimum atomic E-state index is -4.64. The number of rotatable bonds is 12. The lowest BCUT2D eigenvalue weighted by molar-refractivity contribution is -0.0467. The summed E-state index contributed by atoms with van der Waals surface area (Å²) in [5, 5.41) is 33.1. The monoisotopic (exact) mass is 587 g/mol. The van der Waals surface area contributed by atoms with Crippen LogP contribution in [0.1, 0.15) is 35.9 Å². The largest absolute Gasteiger partial charge is 0.472 e. The SMILES string of the molecule is O=c1[nH]c(N[C@H](CO)c2ccccc2)nc2c1ncn2[C@H]1C[C@H](O)[C@@H](COP(=O)(O)O[C@H](CO)c2ccccc2)O1. The van der Waals surface area contributed by atoms with Crippen LogP contribution in [-0.2, 0) is 18.3 Å². The number of aliphatic hydroxyl groups is 3. The van der Waals surface area contributed by atoms with Gasteiger partial charge in [0.2, 0.25) is 5.95 Å². The number of hydrogen-bond acceptors (Lipinski definition) is 11. The lowest BCUT2D eigenvalue weighted by Crippen LogP contribution is -2.26. The van der Waals surface area contributed by atoms with Crippen molar-refractivity contribution in [3.8, 4) is 0 Å². The smallest absolute Gasteiger partial charge is 0.394 e. The highest BCUT2D eigenvalue weighted by Crippen LogP contribution is 2.48. The molecule has 0 radical (unpaired) electrons. The van der Waals surface area contributed by atoms with Crippen LogP contribution in [0.15, 0.2) is 71.8 Å². The first-order chi connectivity index (χ1) is 19.8. The number of anilines is 1. The van der Waals surface area contributed by atoms with Crippen LogP contribution < -0.4 is 10.9 Å². The standard InChI is InChI=1S/C26H30N5O9P/c32-12-18(16-7-3-1-4-8-16)28-26-29-24-23(25(35)30-26)27-15-31(24)22-11-19(34)21(39-22)14-38-41(36,37)40-20(13-33)17-9-5-2-6-10-17/h1-10,15,18-22,32-34H,11-14H2,(H,36,37)(H2,28,29,30,35)/t18-,19+,20-,21-,22-/m1/s1. The predicted molar refractivity (Wildman–Crippen MR) is 146 cm³/mol. The predicted octanol–water partition coefficient (Wildman–Crippen LogP) is 1.78. The molecule has 0 spiro atoms. The van der Waals surface area contributed by atoms with Gasteiger partial charge in [0.05, 0.1) is 38.3 Å². The number of aromatic nitrogens is 4. The van der Waals surface area contributed by atoms with Crippen LogP contribution in [0.3, 0.4) is 0 Å². The van der Waals surface area contributed by atoms with Gasteiger partial charge in [-0.1, -0.05) is 60.7 Å². The Balaban J connectivity index is 1.27. The Bertz CT molecular complexity index is 1550. The van der Waals surface area contributed by atoms with E-state index < -0.39 is 57.2 Å². The summed E-state index contributed by atoms with van der Waals surface area (Å²) in [6.45, 7) is -1.29. The molecule has 0 bridgehead atoms. The number of phosphoric acid groups is 1. The molecule has 218 valence electrons. The van der Waals surface area contributed by atoms with Crippen LogP contribution in [-0.4, -0.2) is 71.8 Å². The van der Waals surface area contributed by atoms with Gasteiger partial charge in [0.1, 0.15) is 18.4 Å². The second-order valence-corrected chi connectivity index (χ2v) is 10.8. The highest BCUT2D eigenvalue weighted by atomic mass is 31.2. The molecule has 1 unspecified atom stereocenters. The molecule has 6 atom stereocenters. The maximum absolute atomic E-state index is 12.7. The van der Waals surface area contributed by atoms with E-state index in [9.17, 15) is 29.6 Å². The second kappa shape index (κ2) is 12.6. The van der Waals surface area contributed by atoms with Gasteiger partial charge in [0.15, 0.2) is 11.2 Å². The van der Waals surface area contributed by atoms with Gasteiger partial charge in [-0.2, -0.15) is 4.98 Å². The molecule has 5 rings (SSSR count). The highest BCUT2D eigenvalue weighted by Gasteiger charge is 2.38. The number of benzene rings is 2. The van der Waals surface area contributed by atoms with Gasteiger partial charge in [-0.25, -0.2) is 9.55 Å². The summed E-state index contributed by atoms with van der Waals surface area (Å²) >= 11 is 0. The number of hydrogen-bond donors (Lipinski definition) is 6. The summed E-state index contributed by atoms with van der Waals surface area (Å²) in [7, 11) is -4.64. The molecule has 0 aliphatic carbocycles. The summed E-state index contributed by atoms with van der Waals surface area (Å²) in [4.78, 5) is 34.1. The van der Waals surface area contributed by atoms with Crippen molar-refractivity contribution in [1.82, 2.24) is 19.5 Å². The zero-order valence-corrected chi connectivity index (χ0v) is 22.6. The molecule has 1 aliphatic rings. The van der Waals surface area contributed by atoms with Crippen molar-refractivity contribution >= 4 is 24.9 Å². The van der Waals surface area contributed by atoms with Gasteiger partial charge in [0.25, 0.3) is 5.56 Å². The first-order valence-electron chi connectivity index (χ1n) is 12.8. The molecule has 2 aromatic carbocycles. The quantitative estimate of drug-likeness (QED) is 0.131. The molecule has 0 saturated carbocycles. The number of imidazole rings is 1. The van der Waals surface area contributed by atoms with Crippen molar-refractivity contribution in [2.24, 2.45) is 0 Å². The summed E-state index contributed by atoms with van der Waals surface area (Å²) in [6, 6.07) is 17.0. The minimum Gasteiger partial charge on any atom is -0.394 e. The van der Waals surface area contributed by atoms with Gasteiger partial charge >= 0.3 is 7.82 Å². The number of H-pyrrole nitrogens is 1. The average Bonchev–Trinajstić information content (AvgIpc) is 3.58. The van der Waals surface area contributed by atoms with E-state index in [1.165, 1.54) is 10.9 Å². The Morgan fingerprint density at radius 1 is 1.10 bits per heavy atom. The first kappa shape index (κ1) is 29.0. The van der Waals surface area contributed by atoms with Crippen molar-refractivity contribution in [3.05, 3.63) is 88.5 Å². The fourth-order valence-electron chi connectivity index (χ4n) is 4.55. The van der Waals surface area contributed by atoms with Crippen molar-refractivity contribution in [2.45, 2.75) is 37.0 Å². The maximum Gasteiger partial charge on any atom is 0.472 e. The van der Waals surface area contributed by atoms with Crippen molar-refractivity contribution in [1.29, 1.82) is 0 Å². The molecule has 41 heavy (non-hydrogen) atoms. The number of phosphoric ester groups is 1. The number of nitrogens with zero attached hydrogens (tertiary/aromatic N) is 3. The van der Waals surface area contributed by atoms with Crippen molar-refractivity contribution in [2.75, 3.05) is 25.1 Å². The summed E-state index contributed by atoms with van der Waals surface area (Å²) in [6.07, 6.45) is -2.60. The maximum atomic E-state index is 12.7. The second-order valence-electron chi connectivity index (χ2n) is 9.41. The van der Waals surface area contributed by atoms with Gasteiger partial charge in [0, 0.05) is 6.42 Å². The highest BCUT2D eigenvalue weighted by molar-refractivity contribution is 7.47. The Labute approximate surface area is 233 Å². The molecule has 1 fully saturated rings. The molecule has 4 aromatic rings. The van der Waals surface area contributed by atoms with Gasteiger partial charge in [-0.05, 0) is 11.1 Å². The average molecular weight is 588 g/mol. The molecule has 2 aromatic heterocycles. The zero-order valence-electron chi connectivity index (χ0n) is 21.7. The summed E-state index contributed by atoms with van der Waals surface area (Å²) in [5.74, 6) is 0.0980. The van der Waals surface area contributed by atoms with Gasteiger partial charge < -0.3 is 30.3 Å². The van der Waals surface area contributed by atoms with Gasteiger partial charge in [-0.3, -0.25) is 23.4 Å². The Morgan fingerprint density at radius 2 is 1.78 bits per heavy atom. The molecule has 3 heterocycles. The van der Waals surface area contributed by atoms with E-state index in [0.717, 1.165) is 5.56 Å². The minimum absolute atomic E-state index is 0.0396. The van der Waals surface area contributed by atoms with Crippen molar-refractivity contribution in [3.63, 3.8) is 0 Å². The summed E-state index contributed by atoms with van der Waals surface area (Å²) < 4.78 is 30.2. The third-order valence-corrected chi connectivity index (χ3v) is 7.64. The fourth-order valence-corrected chi connectivity index (χ4v) is 5.46. The number of aromatic amines is 1. The van der Waals surface area contributed by atoms with E-state index in [1.807, 2.05) is 30.3 Å². The van der Waals surface area contributed by atoms with Crippen LogP contribution in [0.2, 0.25) is 0 Å². The van der Waals surface area contributed by atoms with E-state index in [0.29, 0.717) is 5.56 Å². The summed E-state index contributed by atoms with van der Waals surface area (Å²) in [5.41, 5.74) is 0.968. The molecular weight excluding hydrogens is 557 g/mol. The third-order valence-electron chi connectivity index (χ3n) is 6.64. The van der Waals surface area contributed by atoms with Crippen LogP contribution in [0.25, 0.3) is 11.2 Å². The van der Waals surface area contributed by atoms with E-state index in [2.05, 4.69) is 20.3 Å². The molecular formula is C26H30N5O9P. The van der Waals surface area contributed by atoms with E-state index in [4.69, 9.17) is 13.8 Å². The first-order valence-corrected chi connectivity index (χ1v) is 14.3. The Hall–Kier alpha value is -3.46. The molecule has 1 saturated heterocycles. The third kappa shape index (κ3) is 6.72. The van der Waals surface area contributed by atoms with Crippen LogP contribution in [0, 0.1) is 0 Å². The van der Waals surface area contributed by atoms with Crippen LogP contribution in [0.4, 0.5) is 5.95 Å². The molecule has 1 aliphatic heterocycles. The molecule has 6 N–H and O–H groups in total. The van der Waals surface area contributed by atoms with E-state index >= 15 is 0 Å². The van der Waals surface area contributed by atoms with Crippen molar-refractivity contribution < 1.29 is 38.6 Å². The van der Waals surface area contributed by atoms with E-state index in [1.54, 1.807) is 30.3 Å². The van der Waals surface area contributed by atoms with Crippen LogP contribution in [0.5, 0.6) is 0 Å². The van der Waals surface area contributed by atoms with E-state index in [-0.39, 0.29) is 30.1 Å². The van der Waals surface area contributed by atoms with Gasteiger partial charge in [-0.15, -0.1) is 0 Å². The number of nitrogens with one attached hydrogen (secondary N) is 2. The number of fused-ring (bicyclic) bond motifs is 1. The topological polar surface area (TPSA) is 201 Å². The Morgan fingerprint density at radius 3 is 2.44 bits per heavy atom. The Kier molecular flexibility index (Phi) is 8.92. The lowest BCUT2D eigenvalue weighted by atomic mass is 10.1. The van der Waals surface area contributed by atoms with Crippen LogP contribution >= 0.6 is 7.82 Å². The number of aliphatic hydroxyl groups excluding tert-OH is 3. The molecule has 15 heteroatoms. The normalized spacial score (nSPS) is 21.9. The molecule has 0 amide bonds. The lowest BCUT2D eigenvalue weighted by Gasteiger charge is -2.21. The fraction of sp³-hybridized carbons (Fsp3) is 0.346. The molecule has 14 nitrogen and oxygen atoms in total. The zero-order chi connectivity index (χ0) is 29.0.